The Hall–Kier alpha value is -1.55. The fourth-order valence-corrected chi connectivity index (χ4v) is 1.95. The van der Waals surface area contributed by atoms with Crippen molar-refractivity contribution in [3.05, 3.63) is 29.8 Å². The number of rotatable bonds is 6. The Bertz CT molecular complexity index is 395. The predicted molar refractivity (Wildman–Crippen MR) is 68.6 cm³/mol. The highest BCUT2D eigenvalue weighted by Crippen LogP contribution is 2.33. The van der Waals surface area contributed by atoms with Crippen LogP contribution in [-0.2, 0) is 4.79 Å². The fourth-order valence-electron chi connectivity index (χ4n) is 1.95. The van der Waals surface area contributed by atoms with Gasteiger partial charge >= 0.3 is 5.97 Å². The van der Waals surface area contributed by atoms with E-state index in [2.05, 4.69) is 0 Å². The van der Waals surface area contributed by atoms with Crippen molar-refractivity contribution < 1.29 is 19.7 Å². The maximum absolute atomic E-state index is 10.7. The smallest absolute Gasteiger partial charge is 0.303 e. The van der Waals surface area contributed by atoms with Gasteiger partial charge in [-0.25, -0.2) is 0 Å². The monoisotopic (exact) mass is 252 g/mol. The second-order valence-corrected chi connectivity index (χ2v) is 5.23. The van der Waals surface area contributed by atoms with Gasteiger partial charge in [0.1, 0.15) is 5.75 Å². The summed E-state index contributed by atoms with van der Waals surface area (Å²) < 4.78 is 5.04. The Labute approximate surface area is 107 Å². The van der Waals surface area contributed by atoms with Gasteiger partial charge in [-0.2, -0.15) is 0 Å². The molecule has 0 radical (unpaired) electrons. The quantitative estimate of drug-likeness (QED) is 0.816. The molecule has 0 aromatic heterocycles. The fraction of sp³-hybridized carbons (Fsp3) is 0.500. The van der Waals surface area contributed by atoms with E-state index in [1.165, 1.54) is 0 Å². The number of carboxylic acids is 1. The van der Waals surface area contributed by atoms with Gasteiger partial charge < -0.3 is 14.9 Å². The van der Waals surface area contributed by atoms with Gasteiger partial charge in [0.05, 0.1) is 19.6 Å². The first kappa shape index (κ1) is 14.5. The molecule has 1 rings (SSSR count). The third kappa shape index (κ3) is 4.37. The van der Waals surface area contributed by atoms with E-state index in [-0.39, 0.29) is 6.42 Å². The maximum atomic E-state index is 10.7. The lowest BCUT2D eigenvalue weighted by Gasteiger charge is -2.25. The second-order valence-electron chi connectivity index (χ2n) is 5.23. The van der Waals surface area contributed by atoms with Gasteiger partial charge in [-0.3, -0.25) is 4.79 Å². The number of ether oxygens (including phenoxy) is 1. The molecule has 2 N–H and O–H groups in total. The third-order valence-corrected chi connectivity index (χ3v) is 2.88. The Morgan fingerprint density at radius 2 is 1.89 bits per heavy atom. The molecule has 1 unspecified atom stereocenters. The van der Waals surface area contributed by atoms with Gasteiger partial charge in [0.15, 0.2) is 0 Å². The lowest BCUT2D eigenvalue weighted by molar-refractivity contribution is -0.139. The van der Waals surface area contributed by atoms with Crippen molar-refractivity contribution in [2.45, 2.75) is 32.8 Å². The van der Waals surface area contributed by atoms with Gasteiger partial charge in [-0.05, 0) is 29.5 Å². The van der Waals surface area contributed by atoms with Crippen molar-refractivity contribution in [1.82, 2.24) is 0 Å². The van der Waals surface area contributed by atoms with Gasteiger partial charge in [0, 0.05) is 0 Å². The van der Waals surface area contributed by atoms with E-state index in [0.29, 0.717) is 6.42 Å². The van der Waals surface area contributed by atoms with Crippen LogP contribution in [0.4, 0.5) is 0 Å². The number of hydrogen-bond donors (Lipinski definition) is 2. The number of aliphatic carboxylic acids is 1. The molecule has 0 saturated heterocycles. The number of aliphatic hydroxyl groups is 1. The number of hydrogen-bond acceptors (Lipinski definition) is 3. The molecule has 0 aliphatic carbocycles. The first-order valence-corrected chi connectivity index (χ1v) is 5.88. The van der Waals surface area contributed by atoms with Crippen LogP contribution in [0.5, 0.6) is 5.75 Å². The van der Waals surface area contributed by atoms with E-state index in [0.717, 1.165) is 11.3 Å². The molecule has 4 heteroatoms. The summed E-state index contributed by atoms with van der Waals surface area (Å²) >= 11 is 0. The van der Waals surface area contributed by atoms with Gasteiger partial charge in [0.25, 0.3) is 0 Å². The van der Waals surface area contributed by atoms with Crippen LogP contribution in [0.2, 0.25) is 0 Å². The number of carbonyl (C=O) groups is 1. The predicted octanol–water partition coefficient (Wildman–Crippen LogP) is 2.62. The van der Waals surface area contributed by atoms with E-state index in [4.69, 9.17) is 9.84 Å². The van der Waals surface area contributed by atoms with Crippen LogP contribution in [0.25, 0.3) is 0 Å². The van der Waals surface area contributed by atoms with Crippen LogP contribution in [0.15, 0.2) is 24.3 Å². The molecule has 0 saturated carbocycles. The molecular weight excluding hydrogens is 232 g/mol. The minimum atomic E-state index is -0.845. The van der Waals surface area contributed by atoms with Crippen LogP contribution in [-0.4, -0.2) is 23.3 Å². The maximum Gasteiger partial charge on any atom is 0.303 e. The van der Waals surface area contributed by atoms with E-state index in [9.17, 15) is 9.90 Å². The molecule has 0 aliphatic rings. The number of methoxy groups -OCH3 is 1. The zero-order valence-corrected chi connectivity index (χ0v) is 11.0. The van der Waals surface area contributed by atoms with Crippen molar-refractivity contribution in [2.24, 2.45) is 5.41 Å². The minimum Gasteiger partial charge on any atom is -0.497 e. The van der Waals surface area contributed by atoms with Gasteiger partial charge in [0.2, 0.25) is 0 Å². The summed E-state index contributed by atoms with van der Waals surface area (Å²) in [4.78, 5) is 10.7. The number of carboxylic acid groups (broad SMARTS) is 1. The van der Waals surface area contributed by atoms with Crippen molar-refractivity contribution in [2.75, 3.05) is 7.11 Å². The summed E-state index contributed by atoms with van der Waals surface area (Å²) in [5.74, 6) is -0.113. The summed E-state index contributed by atoms with van der Waals surface area (Å²) in [6.07, 6.45) is -0.212. The molecule has 100 valence electrons. The summed E-state index contributed by atoms with van der Waals surface area (Å²) in [5.41, 5.74) is 0.333. The molecule has 1 atom stereocenters. The lowest BCUT2D eigenvalue weighted by Crippen LogP contribution is -2.20. The van der Waals surface area contributed by atoms with E-state index >= 15 is 0 Å². The summed E-state index contributed by atoms with van der Waals surface area (Å²) in [5, 5.41) is 18.9. The Morgan fingerprint density at radius 3 is 2.33 bits per heavy atom. The summed E-state index contributed by atoms with van der Waals surface area (Å²) in [7, 11) is 1.58. The zero-order chi connectivity index (χ0) is 13.8. The molecule has 0 heterocycles. The Kier molecular flexibility index (Phi) is 4.73. The highest BCUT2D eigenvalue weighted by molar-refractivity contribution is 5.67. The van der Waals surface area contributed by atoms with Crippen molar-refractivity contribution in [3.63, 3.8) is 0 Å². The van der Waals surface area contributed by atoms with Crippen molar-refractivity contribution in [3.8, 4) is 5.75 Å². The van der Waals surface area contributed by atoms with E-state index < -0.39 is 17.5 Å². The third-order valence-electron chi connectivity index (χ3n) is 2.88. The van der Waals surface area contributed by atoms with Gasteiger partial charge in [-0.15, -0.1) is 0 Å². The first-order valence-electron chi connectivity index (χ1n) is 5.88. The SMILES string of the molecule is COc1ccc(C(O)CC(C)(C)CC(=O)O)cc1. The molecule has 18 heavy (non-hydrogen) atoms. The summed E-state index contributed by atoms with van der Waals surface area (Å²) in [6.45, 7) is 3.68. The van der Waals surface area contributed by atoms with Crippen LogP contribution in [0.3, 0.4) is 0 Å². The van der Waals surface area contributed by atoms with E-state index in [1.54, 1.807) is 31.4 Å². The van der Waals surface area contributed by atoms with E-state index in [1.807, 2.05) is 13.8 Å². The van der Waals surface area contributed by atoms with Gasteiger partial charge in [-0.1, -0.05) is 26.0 Å². The molecule has 1 aromatic rings. The standard InChI is InChI=1S/C14H20O4/c1-14(2,9-13(16)17)8-12(15)10-4-6-11(18-3)7-5-10/h4-7,12,15H,8-9H2,1-3H3,(H,16,17). The average Bonchev–Trinajstić information content (AvgIpc) is 2.26. The highest BCUT2D eigenvalue weighted by atomic mass is 16.5. The number of aliphatic hydroxyl groups excluding tert-OH is 1. The molecule has 0 aliphatic heterocycles. The van der Waals surface area contributed by atoms with Crippen LogP contribution >= 0.6 is 0 Å². The Morgan fingerprint density at radius 1 is 1.33 bits per heavy atom. The topological polar surface area (TPSA) is 66.8 Å². The van der Waals surface area contributed by atoms with Crippen molar-refractivity contribution in [1.29, 1.82) is 0 Å². The molecule has 0 spiro atoms. The van der Waals surface area contributed by atoms with Crippen molar-refractivity contribution >= 4 is 5.97 Å². The summed E-state index contributed by atoms with van der Waals surface area (Å²) in [6, 6.07) is 7.15. The number of benzene rings is 1. The molecule has 1 aromatic carbocycles. The first-order chi connectivity index (χ1) is 8.34. The Balaban J connectivity index is 2.68. The zero-order valence-electron chi connectivity index (χ0n) is 11.0. The average molecular weight is 252 g/mol. The largest absolute Gasteiger partial charge is 0.497 e. The molecule has 0 amide bonds. The normalized spacial score (nSPS) is 13.1. The highest BCUT2D eigenvalue weighted by Gasteiger charge is 2.25. The van der Waals surface area contributed by atoms with Crippen LogP contribution in [0, 0.1) is 5.41 Å². The second kappa shape index (κ2) is 5.87. The lowest BCUT2D eigenvalue weighted by atomic mass is 9.82. The minimum absolute atomic E-state index is 0.0419. The molecular formula is C14H20O4. The molecule has 4 nitrogen and oxygen atoms in total. The molecule has 0 fully saturated rings. The van der Waals surface area contributed by atoms with Crippen LogP contribution in [0.1, 0.15) is 38.4 Å². The molecule has 0 bridgehead atoms. The van der Waals surface area contributed by atoms with Crippen LogP contribution < -0.4 is 4.74 Å².